The van der Waals surface area contributed by atoms with Crippen LogP contribution >= 0.6 is 23.1 Å². The molecule has 31 heavy (non-hydrogen) atoms. The van der Waals surface area contributed by atoms with E-state index in [0.717, 1.165) is 0 Å². The first-order valence-electron chi connectivity index (χ1n) is 9.39. The van der Waals surface area contributed by atoms with Gasteiger partial charge in [-0.3, -0.25) is 14.2 Å². The van der Waals surface area contributed by atoms with E-state index in [0.29, 0.717) is 49.1 Å². The molecule has 0 fully saturated rings. The second-order valence-corrected chi connectivity index (χ2v) is 8.78. The van der Waals surface area contributed by atoms with E-state index in [9.17, 15) is 14.0 Å². The lowest BCUT2D eigenvalue weighted by Crippen LogP contribution is -2.22. The van der Waals surface area contributed by atoms with Crippen LogP contribution in [0.1, 0.15) is 11.4 Å². The quantitative estimate of drug-likeness (QED) is 0.324. The number of para-hydroxylation sites is 1. The van der Waals surface area contributed by atoms with Crippen LogP contribution in [0.25, 0.3) is 26.8 Å². The highest BCUT2D eigenvalue weighted by Gasteiger charge is 2.15. The molecule has 0 amide bonds. The molecule has 6 nitrogen and oxygen atoms in total. The van der Waals surface area contributed by atoms with E-state index < -0.39 is 5.82 Å². The number of hydrogen-bond acceptors (Lipinski definition) is 6. The van der Waals surface area contributed by atoms with E-state index in [1.807, 2.05) is 11.4 Å². The summed E-state index contributed by atoms with van der Waals surface area (Å²) in [7, 11) is 0. The van der Waals surface area contributed by atoms with Crippen molar-refractivity contribution in [2.24, 2.45) is 0 Å². The number of aromatic nitrogens is 4. The van der Waals surface area contributed by atoms with E-state index in [-0.39, 0.29) is 11.1 Å². The number of aromatic amines is 1. The van der Waals surface area contributed by atoms with Crippen LogP contribution in [0, 0.1) is 12.7 Å². The molecule has 0 aliphatic heterocycles. The zero-order chi connectivity index (χ0) is 21.5. The first kappa shape index (κ1) is 19.7. The number of benzene rings is 2. The molecule has 2 aromatic carbocycles. The van der Waals surface area contributed by atoms with Gasteiger partial charge in [-0.15, -0.1) is 11.3 Å². The summed E-state index contributed by atoms with van der Waals surface area (Å²) in [5.41, 5.74) is 1.59. The largest absolute Gasteiger partial charge is 0.309 e. The maximum Gasteiger partial charge on any atom is 0.268 e. The highest BCUT2D eigenvalue weighted by atomic mass is 32.2. The van der Waals surface area contributed by atoms with Crippen LogP contribution < -0.4 is 11.1 Å². The molecule has 5 rings (SSSR count). The summed E-state index contributed by atoms with van der Waals surface area (Å²) in [6.45, 7) is 1.67. The van der Waals surface area contributed by atoms with Crippen molar-refractivity contribution in [2.45, 2.75) is 17.8 Å². The summed E-state index contributed by atoms with van der Waals surface area (Å²) < 4.78 is 16.2. The summed E-state index contributed by atoms with van der Waals surface area (Å²) >= 11 is 2.59. The van der Waals surface area contributed by atoms with Crippen molar-refractivity contribution in [1.29, 1.82) is 0 Å². The Hall–Kier alpha value is -3.30. The first-order chi connectivity index (χ1) is 15.0. The number of hydrogen-bond donors (Lipinski definition) is 1. The monoisotopic (exact) mass is 450 g/mol. The molecule has 3 aromatic heterocycles. The number of nitrogens with one attached hydrogen (secondary N) is 1. The number of H-pyrrole nitrogens is 1. The number of rotatable bonds is 4. The molecule has 0 spiro atoms. The summed E-state index contributed by atoms with van der Waals surface area (Å²) in [6, 6.07) is 13.5. The molecule has 0 aliphatic carbocycles. The SMILES string of the molecule is Cc1ccc(-n2c(SCc3nc4ccsc4c(=O)[nH]3)nc3ccccc3c2=O)cc1F. The van der Waals surface area contributed by atoms with E-state index >= 15 is 0 Å². The lowest BCUT2D eigenvalue weighted by atomic mass is 10.2. The fourth-order valence-corrected chi connectivity index (χ4v) is 4.89. The Morgan fingerprint density at radius 1 is 1.10 bits per heavy atom. The minimum Gasteiger partial charge on any atom is -0.309 e. The van der Waals surface area contributed by atoms with Gasteiger partial charge in [0.1, 0.15) is 16.3 Å². The lowest BCUT2D eigenvalue weighted by Gasteiger charge is -2.13. The second kappa shape index (κ2) is 7.75. The Bertz CT molecular complexity index is 1570. The van der Waals surface area contributed by atoms with Gasteiger partial charge in [-0.05, 0) is 48.2 Å². The molecule has 1 N–H and O–H groups in total. The smallest absolute Gasteiger partial charge is 0.268 e. The Balaban J connectivity index is 1.63. The predicted molar refractivity (Wildman–Crippen MR) is 122 cm³/mol. The number of thiophene rings is 1. The van der Waals surface area contributed by atoms with Crippen LogP contribution in [0.15, 0.2) is 68.7 Å². The first-order valence-corrected chi connectivity index (χ1v) is 11.3. The van der Waals surface area contributed by atoms with Crippen LogP contribution in [-0.2, 0) is 5.75 Å². The summed E-state index contributed by atoms with van der Waals surface area (Å²) in [5, 5.41) is 2.65. The van der Waals surface area contributed by atoms with Gasteiger partial charge in [0.15, 0.2) is 5.16 Å². The van der Waals surface area contributed by atoms with Crippen molar-refractivity contribution in [2.75, 3.05) is 0 Å². The van der Waals surface area contributed by atoms with Gasteiger partial charge in [0.2, 0.25) is 0 Å². The van der Waals surface area contributed by atoms with Gasteiger partial charge in [0, 0.05) is 0 Å². The third kappa shape index (κ3) is 3.55. The van der Waals surface area contributed by atoms with Gasteiger partial charge in [-0.2, -0.15) is 0 Å². The van der Waals surface area contributed by atoms with E-state index in [1.165, 1.54) is 33.7 Å². The van der Waals surface area contributed by atoms with Crippen molar-refractivity contribution < 1.29 is 4.39 Å². The molecule has 3 heterocycles. The van der Waals surface area contributed by atoms with Gasteiger partial charge >= 0.3 is 0 Å². The van der Waals surface area contributed by atoms with Crippen LogP contribution in [0.5, 0.6) is 0 Å². The van der Waals surface area contributed by atoms with Gasteiger partial charge in [-0.25, -0.2) is 14.4 Å². The molecule has 0 aliphatic rings. The Kier molecular flexibility index (Phi) is 4.91. The number of halogens is 1. The Labute approximate surface area is 183 Å². The lowest BCUT2D eigenvalue weighted by molar-refractivity contribution is 0.615. The highest BCUT2D eigenvalue weighted by molar-refractivity contribution is 7.98. The maximum atomic E-state index is 14.3. The topological polar surface area (TPSA) is 80.6 Å². The predicted octanol–water partition coefficient (Wildman–Crippen LogP) is 4.42. The van der Waals surface area contributed by atoms with Gasteiger partial charge in [0.05, 0.1) is 27.9 Å². The minimum absolute atomic E-state index is 0.194. The zero-order valence-corrected chi connectivity index (χ0v) is 17.9. The number of aryl methyl sites for hydroxylation is 1. The molecule has 5 aromatic rings. The van der Waals surface area contributed by atoms with Crippen molar-refractivity contribution in [3.8, 4) is 5.69 Å². The van der Waals surface area contributed by atoms with Crippen LogP contribution in [0.3, 0.4) is 0 Å². The Morgan fingerprint density at radius 2 is 1.94 bits per heavy atom. The van der Waals surface area contributed by atoms with Crippen molar-refractivity contribution >= 4 is 44.2 Å². The van der Waals surface area contributed by atoms with Crippen molar-refractivity contribution in [1.82, 2.24) is 19.5 Å². The third-order valence-corrected chi connectivity index (χ3v) is 6.71. The molecular formula is C22H15FN4O2S2. The second-order valence-electron chi connectivity index (χ2n) is 6.92. The molecule has 0 atom stereocenters. The minimum atomic E-state index is -0.401. The van der Waals surface area contributed by atoms with Crippen LogP contribution in [-0.4, -0.2) is 19.5 Å². The average molecular weight is 451 g/mol. The van der Waals surface area contributed by atoms with Crippen LogP contribution in [0.4, 0.5) is 4.39 Å². The number of thioether (sulfide) groups is 1. The molecule has 9 heteroatoms. The fraction of sp³-hybridized carbons (Fsp3) is 0.0909. The van der Waals surface area contributed by atoms with Crippen LogP contribution in [0.2, 0.25) is 0 Å². The van der Waals surface area contributed by atoms with E-state index in [1.54, 1.807) is 43.3 Å². The number of fused-ring (bicyclic) bond motifs is 2. The van der Waals surface area contributed by atoms with Gasteiger partial charge < -0.3 is 4.98 Å². The normalized spacial score (nSPS) is 11.4. The van der Waals surface area contributed by atoms with E-state index in [4.69, 9.17) is 0 Å². The zero-order valence-electron chi connectivity index (χ0n) is 16.3. The summed E-state index contributed by atoms with van der Waals surface area (Å²) in [6.07, 6.45) is 0. The van der Waals surface area contributed by atoms with Gasteiger partial charge in [-0.1, -0.05) is 30.0 Å². The summed E-state index contributed by atoms with van der Waals surface area (Å²) in [5.74, 6) is 0.368. The highest BCUT2D eigenvalue weighted by Crippen LogP contribution is 2.25. The standard InChI is InChI=1S/C22H15FN4O2S2/c1-12-6-7-13(10-15(12)23)27-21(29)14-4-2-3-5-16(14)25-22(27)31-11-18-24-17-8-9-30-19(17)20(28)26-18/h2-10H,11H2,1H3,(H,24,26,28). The molecule has 0 bridgehead atoms. The van der Waals surface area contributed by atoms with Crippen molar-refractivity contribution in [3.05, 3.63) is 91.8 Å². The summed E-state index contributed by atoms with van der Waals surface area (Å²) in [4.78, 5) is 37.4. The molecule has 0 saturated heterocycles. The molecule has 154 valence electrons. The Morgan fingerprint density at radius 3 is 2.77 bits per heavy atom. The fourth-order valence-electron chi connectivity index (χ4n) is 3.28. The number of nitrogens with zero attached hydrogens (tertiary/aromatic N) is 3. The van der Waals surface area contributed by atoms with E-state index in [2.05, 4.69) is 15.0 Å². The molecule has 0 radical (unpaired) electrons. The van der Waals surface area contributed by atoms with Crippen molar-refractivity contribution in [3.63, 3.8) is 0 Å². The van der Waals surface area contributed by atoms with Gasteiger partial charge in [0.25, 0.3) is 11.1 Å². The molecule has 0 saturated carbocycles. The maximum absolute atomic E-state index is 14.3. The third-order valence-electron chi connectivity index (χ3n) is 4.86. The average Bonchev–Trinajstić information content (AvgIpc) is 3.24. The molecular weight excluding hydrogens is 435 g/mol. The molecule has 0 unspecified atom stereocenters.